The second kappa shape index (κ2) is 6.29. The Morgan fingerprint density at radius 3 is 2.67 bits per heavy atom. The van der Waals surface area contributed by atoms with Crippen LogP contribution in [-0.2, 0) is 6.42 Å². The lowest BCUT2D eigenvalue weighted by Gasteiger charge is -2.10. The molecule has 3 rings (SSSR count). The van der Waals surface area contributed by atoms with Crippen molar-refractivity contribution in [3.63, 3.8) is 0 Å². The first-order valence-corrected chi connectivity index (χ1v) is 7.90. The zero-order valence-corrected chi connectivity index (χ0v) is 12.8. The van der Waals surface area contributed by atoms with Gasteiger partial charge >= 0.3 is 0 Å². The molecule has 1 unspecified atom stereocenters. The molecule has 106 valence electrons. The molecule has 0 aliphatic carbocycles. The largest absolute Gasteiger partial charge is 0.328 e. The van der Waals surface area contributed by atoms with Gasteiger partial charge in [-0.05, 0) is 47.9 Å². The summed E-state index contributed by atoms with van der Waals surface area (Å²) in [5.41, 5.74) is 7.14. The van der Waals surface area contributed by atoms with Crippen LogP contribution in [-0.4, -0.2) is 11.0 Å². The predicted molar refractivity (Wildman–Crippen MR) is 89.7 cm³/mol. The van der Waals surface area contributed by atoms with Gasteiger partial charge in [-0.2, -0.15) is 0 Å². The summed E-state index contributed by atoms with van der Waals surface area (Å²) in [5.74, 6) is 0. The van der Waals surface area contributed by atoms with E-state index in [2.05, 4.69) is 53.5 Å². The van der Waals surface area contributed by atoms with Crippen molar-refractivity contribution in [1.29, 1.82) is 0 Å². The van der Waals surface area contributed by atoms with Crippen LogP contribution in [0, 0.1) is 0 Å². The van der Waals surface area contributed by atoms with Crippen LogP contribution >= 0.6 is 11.8 Å². The van der Waals surface area contributed by atoms with Gasteiger partial charge in [0.2, 0.25) is 0 Å². The lowest BCUT2D eigenvalue weighted by Crippen LogP contribution is -2.18. The van der Waals surface area contributed by atoms with Crippen molar-refractivity contribution in [3.05, 3.63) is 66.4 Å². The number of rotatable bonds is 4. The van der Waals surface area contributed by atoms with Crippen LogP contribution in [0.5, 0.6) is 0 Å². The van der Waals surface area contributed by atoms with Crippen LogP contribution in [0.4, 0.5) is 0 Å². The van der Waals surface area contributed by atoms with E-state index in [9.17, 15) is 0 Å². The maximum atomic E-state index is 5.92. The average molecular weight is 294 g/mol. The quantitative estimate of drug-likeness (QED) is 0.780. The van der Waals surface area contributed by atoms with Gasteiger partial charge in [-0.15, -0.1) is 0 Å². The Morgan fingerprint density at radius 1 is 1.05 bits per heavy atom. The molecule has 0 bridgehead atoms. The number of pyridine rings is 1. The average Bonchev–Trinajstić information content (AvgIpc) is 2.49. The fourth-order valence-electron chi connectivity index (χ4n) is 2.36. The zero-order valence-electron chi connectivity index (χ0n) is 12.0. The molecule has 3 heteroatoms. The first-order chi connectivity index (χ1) is 10.2. The van der Waals surface area contributed by atoms with Gasteiger partial charge < -0.3 is 5.73 Å². The molecule has 0 amide bonds. The van der Waals surface area contributed by atoms with Gasteiger partial charge in [0.15, 0.2) is 0 Å². The molecule has 2 aromatic carbocycles. The third-order valence-electron chi connectivity index (χ3n) is 3.33. The second-order valence-electron chi connectivity index (χ2n) is 5.26. The predicted octanol–water partition coefficient (Wildman–Crippen LogP) is 4.28. The van der Waals surface area contributed by atoms with E-state index in [1.165, 1.54) is 21.2 Å². The Hall–Kier alpha value is -1.84. The van der Waals surface area contributed by atoms with E-state index in [0.717, 1.165) is 11.4 Å². The minimum absolute atomic E-state index is 0.144. The monoisotopic (exact) mass is 294 g/mol. The van der Waals surface area contributed by atoms with E-state index in [-0.39, 0.29) is 6.04 Å². The summed E-state index contributed by atoms with van der Waals surface area (Å²) in [6, 6.07) is 19.2. The maximum absolute atomic E-state index is 5.92. The number of benzene rings is 2. The highest BCUT2D eigenvalue weighted by Gasteiger charge is 2.08. The molecule has 2 N–H and O–H groups in total. The summed E-state index contributed by atoms with van der Waals surface area (Å²) in [4.78, 5) is 5.72. The van der Waals surface area contributed by atoms with Gasteiger partial charge in [0.05, 0.1) is 0 Å². The van der Waals surface area contributed by atoms with E-state index in [0.29, 0.717) is 0 Å². The molecular formula is C18H18N2S. The lowest BCUT2D eigenvalue weighted by atomic mass is 10.1. The molecule has 1 atom stereocenters. The molecule has 1 aromatic heterocycles. The van der Waals surface area contributed by atoms with Crippen LogP contribution < -0.4 is 5.73 Å². The summed E-state index contributed by atoms with van der Waals surface area (Å²) >= 11 is 1.70. The van der Waals surface area contributed by atoms with Crippen LogP contribution in [0.3, 0.4) is 0 Å². The van der Waals surface area contributed by atoms with E-state index >= 15 is 0 Å². The van der Waals surface area contributed by atoms with Crippen molar-refractivity contribution in [2.75, 3.05) is 0 Å². The summed E-state index contributed by atoms with van der Waals surface area (Å²) in [7, 11) is 0. The van der Waals surface area contributed by atoms with E-state index < -0.39 is 0 Å². The number of fused-ring (bicyclic) bond motifs is 1. The molecule has 0 radical (unpaired) electrons. The van der Waals surface area contributed by atoms with E-state index in [1.54, 1.807) is 11.8 Å². The van der Waals surface area contributed by atoms with Crippen LogP contribution in [0.25, 0.3) is 10.8 Å². The topological polar surface area (TPSA) is 38.9 Å². The second-order valence-corrected chi connectivity index (χ2v) is 6.32. The molecule has 3 aromatic rings. The fourth-order valence-corrected chi connectivity index (χ4v) is 3.30. The van der Waals surface area contributed by atoms with E-state index in [1.807, 2.05) is 19.2 Å². The highest BCUT2D eigenvalue weighted by molar-refractivity contribution is 7.99. The molecular weight excluding hydrogens is 276 g/mol. The number of nitrogens with zero attached hydrogens (tertiary/aromatic N) is 1. The Bertz CT molecular complexity index is 753. The maximum Gasteiger partial charge on any atom is 0.104 e. The third kappa shape index (κ3) is 3.43. The smallest absolute Gasteiger partial charge is 0.104 e. The van der Waals surface area contributed by atoms with Gasteiger partial charge in [-0.1, -0.05) is 48.2 Å². The zero-order chi connectivity index (χ0) is 14.7. The minimum Gasteiger partial charge on any atom is -0.328 e. The highest BCUT2D eigenvalue weighted by Crippen LogP contribution is 2.31. The Labute approximate surface area is 129 Å². The van der Waals surface area contributed by atoms with Crippen molar-refractivity contribution < 1.29 is 0 Å². The molecule has 2 nitrogen and oxygen atoms in total. The van der Waals surface area contributed by atoms with Gasteiger partial charge in [0.25, 0.3) is 0 Å². The molecule has 0 aliphatic heterocycles. The molecule has 21 heavy (non-hydrogen) atoms. The molecule has 1 heterocycles. The lowest BCUT2D eigenvalue weighted by molar-refractivity contribution is 0.722. The van der Waals surface area contributed by atoms with Crippen molar-refractivity contribution in [2.24, 2.45) is 5.73 Å². The van der Waals surface area contributed by atoms with Gasteiger partial charge in [0, 0.05) is 17.1 Å². The van der Waals surface area contributed by atoms with Gasteiger partial charge in [-0.25, -0.2) is 4.98 Å². The fraction of sp³-hybridized carbons (Fsp3) is 0.167. The van der Waals surface area contributed by atoms with E-state index in [4.69, 9.17) is 5.73 Å². The molecule has 0 aliphatic rings. The first kappa shape index (κ1) is 14.1. The van der Waals surface area contributed by atoms with Crippen molar-refractivity contribution >= 4 is 22.5 Å². The standard InChI is InChI=1S/C18H18N2S/c1-13(19)11-16-7-4-10-20-18(16)21-17-9-8-14-5-2-3-6-15(14)12-17/h2-10,12-13H,11,19H2,1H3. The van der Waals surface area contributed by atoms with Crippen molar-refractivity contribution in [1.82, 2.24) is 4.98 Å². The number of nitrogens with two attached hydrogens (primary N) is 1. The molecule has 0 saturated carbocycles. The van der Waals surface area contributed by atoms with Crippen LogP contribution in [0.2, 0.25) is 0 Å². The SMILES string of the molecule is CC(N)Cc1cccnc1Sc1ccc2ccccc2c1. The Morgan fingerprint density at radius 2 is 1.86 bits per heavy atom. The third-order valence-corrected chi connectivity index (χ3v) is 4.38. The van der Waals surface area contributed by atoms with Crippen LogP contribution in [0.1, 0.15) is 12.5 Å². The summed E-state index contributed by atoms with van der Waals surface area (Å²) in [6.07, 6.45) is 2.69. The molecule has 0 fully saturated rings. The van der Waals surface area contributed by atoms with Gasteiger partial charge in [0.1, 0.15) is 5.03 Å². The Kier molecular flexibility index (Phi) is 4.23. The first-order valence-electron chi connectivity index (χ1n) is 7.08. The van der Waals surface area contributed by atoms with Crippen molar-refractivity contribution in [3.8, 4) is 0 Å². The number of hydrogen-bond donors (Lipinski definition) is 1. The number of aromatic nitrogens is 1. The normalized spacial score (nSPS) is 12.5. The molecule has 0 spiro atoms. The summed E-state index contributed by atoms with van der Waals surface area (Å²) in [5, 5.41) is 3.57. The summed E-state index contributed by atoms with van der Waals surface area (Å²) < 4.78 is 0. The molecule has 0 saturated heterocycles. The minimum atomic E-state index is 0.144. The Balaban J connectivity index is 1.91. The van der Waals surface area contributed by atoms with Gasteiger partial charge in [-0.3, -0.25) is 0 Å². The highest BCUT2D eigenvalue weighted by atomic mass is 32.2. The van der Waals surface area contributed by atoms with Crippen LogP contribution in [0.15, 0.2) is 70.7 Å². The van der Waals surface area contributed by atoms with Crippen molar-refractivity contribution in [2.45, 2.75) is 29.3 Å². The summed E-state index contributed by atoms with van der Waals surface area (Å²) in [6.45, 7) is 2.03. The number of hydrogen-bond acceptors (Lipinski definition) is 3.